The number of H-pyrrole nitrogens is 1. The SMILES string of the molecule is COC(=O)c1ccc2[nH]c3c(c2c1)CN(C(=O)c1c(-c2ccccc2)noc1C)CC3. The van der Waals surface area contributed by atoms with Crippen LogP contribution in [0.15, 0.2) is 53.1 Å². The number of esters is 1. The van der Waals surface area contributed by atoms with Crippen LogP contribution in [0.3, 0.4) is 0 Å². The first kappa shape index (κ1) is 19.1. The minimum absolute atomic E-state index is 0.110. The van der Waals surface area contributed by atoms with Crippen LogP contribution in [0.1, 0.15) is 37.7 Å². The lowest BCUT2D eigenvalue weighted by Crippen LogP contribution is -2.36. The zero-order valence-electron chi connectivity index (χ0n) is 17.3. The second-order valence-corrected chi connectivity index (χ2v) is 7.64. The zero-order chi connectivity index (χ0) is 21.5. The lowest BCUT2D eigenvalue weighted by Gasteiger charge is -2.27. The number of benzene rings is 2. The number of hydrogen-bond donors (Lipinski definition) is 1. The lowest BCUT2D eigenvalue weighted by molar-refractivity contribution is 0.0600. The van der Waals surface area contributed by atoms with Crippen molar-refractivity contribution < 1.29 is 18.8 Å². The summed E-state index contributed by atoms with van der Waals surface area (Å²) in [6, 6.07) is 15.0. The smallest absolute Gasteiger partial charge is 0.337 e. The van der Waals surface area contributed by atoms with Gasteiger partial charge in [-0.15, -0.1) is 0 Å². The van der Waals surface area contributed by atoms with Gasteiger partial charge in [-0.1, -0.05) is 35.5 Å². The minimum atomic E-state index is -0.381. The predicted molar refractivity (Wildman–Crippen MR) is 115 cm³/mol. The van der Waals surface area contributed by atoms with Gasteiger partial charge < -0.3 is 19.1 Å². The highest BCUT2D eigenvalue weighted by atomic mass is 16.5. The van der Waals surface area contributed by atoms with Crippen LogP contribution >= 0.6 is 0 Å². The Morgan fingerprint density at radius 1 is 1.16 bits per heavy atom. The highest BCUT2D eigenvalue weighted by Gasteiger charge is 2.30. The Hall–Kier alpha value is -3.87. The normalized spacial score (nSPS) is 13.3. The highest BCUT2D eigenvalue weighted by molar-refractivity contribution is 6.01. The van der Waals surface area contributed by atoms with Gasteiger partial charge in [-0.2, -0.15) is 0 Å². The van der Waals surface area contributed by atoms with E-state index < -0.39 is 0 Å². The summed E-state index contributed by atoms with van der Waals surface area (Å²) in [5.74, 6) is 0.0106. The molecule has 1 aliphatic rings. The first-order chi connectivity index (χ1) is 15.1. The third kappa shape index (κ3) is 3.18. The van der Waals surface area contributed by atoms with E-state index in [2.05, 4.69) is 10.1 Å². The van der Waals surface area contributed by atoms with Crippen LogP contribution in [0.5, 0.6) is 0 Å². The molecule has 156 valence electrons. The molecule has 0 radical (unpaired) electrons. The lowest BCUT2D eigenvalue weighted by atomic mass is 10.0. The van der Waals surface area contributed by atoms with Crippen molar-refractivity contribution in [2.45, 2.75) is 19.9 Å². The Balaban J connectivity index is 1.51. The number of carbonyl (C=O) groups excluding carboxylic acids is 2. The molecule has 1 aliphatic heterocycles. The second kappa shape index (κ2) is 7.43. The third-order valence-corrected chi connectivity index (χ3v) is 5.81. The molecule has 2 aromatic heterocycles. The van der Waals surface area contributed by atoms with Gasteiger partial charge in [0.2, 0.25) is 0 Å². The summed E-state index contributed by atoms with van der Waals surface area (Å²) in [6.45, 7) is 2.79. The summed E-state index contributed by atoms with van der Waals surface area (Å²) < 4.78 is 10.2. The number of hydrogen-bond acceptors (Lipinski definition) is 5. The van der Waals surface area contributed by atoms with Crippen molar-refractivity contribution in [3.05, 3.63) is 76.7 Å². The van der Waals surface area contributed by atoms with Gasteiger partial charge in [0.05, 0.1) is 12.7 Å². The summed E-state index contributed by atoms with van der Waals surface area (Å²) in [7, 11) is 1.37. The number of rotatable bonds is 3. The molecule has 4 aromatic rings. The molecule has 0 saturated carbocycles. The number of nitrogens with zero attached hydrogens (tertiary/aromatic N) is 2. The maximum atomic E-state index is 13.5. The van der Waals surface area contributed by atoms with E-state index in [1.165, 1.54) is 7.11 Å². The molecule has 5 rings (SSSR count). The molecule has 0 bridgehead atoms. The number of aryl methyl sites for hydroxylation is 1. The number of ether oxygens (including phenoxy) is 1. The fraction of sp³-hybridized carbons (Fsp3) is 0.208. The van der Waals surface area contributed by atoms with Crippen molar-refractivity contribution in [1.29, 1.82) is 0 Å². The van der Waals surface area contributed by atoms with Crippen LogP contribution in [0.2, 0.25) is 0 Å². The molecule has 3 heterocycles. The Morgan fingerprint density at radius 3 is 2.74 bits per heavy atom. The van der Waals surface area contributed by atoms with Gasteiger partial charge in [0.1, 0.15) is 17.0 Å². The molecule has 2 aromatic carbocycles. The summed E-state index contributed by atoms with van der Waals surface area (Å²) >= 11 is 0. The molecular weight excluding hydrogens is 394 g/mol. The van der Waals surface area contributed by atoms with Gasteiger partial charge in [-0.05, 0) is 25.1 Å². The van der Waals surface area contributed by atoms with Crippen molar-refractivity contribution in [3.63, 3.8) is 0 Å². The van der Waals surface area contributed by atoms with Crippen molar-refractivity contribution in [2.24, 2.45) is 0 Å². The largest absolute Gasteiger partial charge is 0.465 e. The molecule has 7 nitrogen and oxygen atoms in total. The molecule has 0 unspecified atom stereocenters. The van der Waals surface area contributed by atoms with Crippen LogP contribution in [0.4, 0.5) is 0 Å². The Labute approximate surface area is 178 Å². The van der Waals surface area contributed by atoms with E-state index in [-0.39, 0.29) is 11.9 Å². The Morgan fingerprint density at radius 2 is 1.97 bits per heavy atom. The predicted octanol–water partition coefficient (Wildman–Crippen LogP) is 4.12. The topological polar surface area (TPSA) is 88.4 Å². The number of methoxy groups -OCH3 is 1. The number of nitrogens with one attached hydrogen (secondary N) is 1. The quantitative estimate of drug-likeness (QED) is 0.509. The van der Waals surface area contributed by atoms with Crippen LogP contribution in [0.25, 0.3) is 22.2 Å². The summed E-state index contributed by atoms with van der Waals surface area (Å²) in [5, 5.41) is 5.08. The maximum Gasteiger partial charge on any atom is 0.337 e. The molecule has 1 N–H and O–H groups in total. The van der Waals surface area contributed by atoms with Crippen LogP contribution in [-0.4, -0.2) is 40.6 Å². The molecule has 0 atom stereocenters. The summed E-state index contributed by atoms with van der Waals surface area (Å²) in [5.41, 5.74) is 5.43. The van der Waals surface area contributed by atoms with Gasteiger partial charge in [-0.3, -0.25) is 4.79 Å². The molecular formula is C24H21N3O4. The van der Waals surface area contributed by atoms with Crippen molar-refractivity contribution in [1.82, 2.24) is 15.0 Å². The molecule has 1 amide bonds. The fourth-order valence-corrected chi connectivity index (χ4v) is 4.21. The third-order valence-electron chi connectivity index (χ3n) is 5.81. The first-order valence-electron chi connectivity index (χ1n) is 10.1. The van der Waals surface area contributed by atoms with E-state index in [1.54, 1.807) is 13.0 Å². The maximum absolute atomic E-state index is 13.5. The first-order valence-corrected chi connectivity index (χ1v) is 10.1. The van der Waals surface area contributed by atoms with Crippen molar-refractivity contribution in [3.8, 4) is 11.3 Å². The highest BCUT2D eigenvalue weighted by Crippen LogP contribution is 2.32. The fourth-order valence-electron chi connectivity index (χ4n) is 4.21. The van der Waals surface area contributed by atoms with Gasteiger partial charge >= 0.3 is 5.97 Å². The van der Waals surface area contributed by atoms with E-state index >= 15 is 0 Å². The number of fused-ring (bicyclic) bond motifs is 3. The summed E-state index contributed by atoms with van der Waals surface area (Å²) in [4.78, 5) is 30.7. The van der Waals surface area contributed by atoms with Gasteiger partial charge in [0, 0.05) is 47.2 Å². The molecule has 0 aliphatic carbocycles. The van der Waals surface area contributed by atoms with Gasteiger partial charge in [0.15, 0.2) is 0 Å². The molecule has 31 heavy (non-hydrogen) atoms. The van der Waals surface area contributed by atoms with Gasteiger partial charge in [0.25, 0.3) is 5.91 Å². The standard InChI is InChI=1S/C24H21N3O4/c1-14-21(22(26-31-14)15-6-4-3-5-7-15)23(28)27-11-10-20-18(13-27)17-12-16(24(29)30-2)8-9-19(17)25-20/h3-9,12,25H,10-11,13H2,1-2H3. The minimum Gasteiger partial charge on any atom is -0.465 e. The monoisotopic (exact) mass is 415 g/mol. The number of carbonyl (C=O) groups is 2. The summed E-state index contributed by atoms with van der Waals surface area (Å²) in [6.07, 6.45) is 0.703. The number of aromatic nitrogens is 2. The average molecular weight is 415 g/mol. The van der Waals surface area contributed by atoms with Crippen molar-refractivity contribution in [2.75, 3.05) is 13.7 Å². The molecule has 7 heteroatoms. The second-order valence-electron chi connectivity index (χ2n) is 7.64. The zero-order valence-corrected chi connectivity index (χ0v) is 17.3. The van der Waals surface area contributed by atoms with Crippen molar-refractivity contribution >= 4 is 22.8 Å². The average Bonchev–Trinajstić information content (AvgIpc) is 3.38. The van der Waals surface area contributed by atoms with E-state index in [0.717, 1.165) is 27.7 Å². The van der Waals surface area contributed by atoms with E-state index in [4.69, 9.17) is 9.26 Å². The van der Waals surface area contributed by atoms with E-state index in [0.29, 0.717) is 42.1 Å². The molecule has 0 spiro atoms. The van der Waals surface area contributed by atoms with Gasteiger partial charge in [-0.25, -0.2) is 4.79 Å². The molecule has 0 fully saturated rings. The van der Waals surface area contributed by atoms with E-state index in [9.17, 15) is 9.59 Å². The van der Waals surface area contributed by atoms with E-state index in [1.807, 2.05) is 47.4 Å². The van der Waals surface area contributed by atoms with Crippen LogP contribution in [-0.2, 0) is 17.7 Å². The Kier molecular flexibility index (Phi) is 4.58. The Bertz CT molecular complexity index is 1300. The van der Waals surface area contributed by atoms with Crippen LogP contribution in [0, 0.1) is 6.92 Å². The number of aromatic amines is 1. The molecule has 0 saturated heterocycles. The van der Waals surface area contributed by atoms with Crippen LogP contribution < -0.4 is 0 Å². The number of amides is 1.